The summed E-state index contributed by atoms with van der Waals surface area (Å²) in [5.41, 5.74) is 2.38. The largest absolute Gasteiger partial charge is 0.497 e. The molecule has 26 heavy (non-hydrogen) atoms. The maximum Gasteiger partial charge on any atom is 0.239 e. The van der Waals surface area contributed by atoms with Gasteiger partial charge in [0, 0.05) is 25.8 Å². The van der Waals surface area contributed by atoms with Crippen LogP contribution in [0.3, 0.4) is 0 Å². The lowest BCUT2D eigenvalue weighted by Gasteiger charge is -2.23. The van der Waals surface area contributed by atoms with Crippen molar-refractivity contribution >= 4 is 17.5 Å². The van der Waals surface area contributed by atoms with E-state index in [9.17, 15) is 9.59 Å². The molecule has 2 aliphatic heterocycles. The van der Waals surface area contributed by atoms with Gasteiger partial charge in [-0.25, -0.2) is 0 Å². The molecule has 1 atom stereocenters. The van der Waals surface area contributed by atoms with Crippen molar-refractivity contribution in [2.45, 2.75) is 18.3 Å². The van der Waals surface area contributed by atoms with Gasteiger partial charge in [-0.2, -0.15) is 0 Å². The number of likely N-dealkylation sites (N-methyl/N-ethyl adjacent to an activating group) is 1. The van der Waals surface area contributed by atoms with Crippen molar-refractivity contribution in [2.24, 2.45) is 0 Å². The second-order valence-electron chi connectivity index (χ2n) is 7.05. The number of hydrogen-bond acceptors (Lipinski definition) is 3. The number of anilines is 1. The van der Waals surface area contributed by atoms with Crippen LogP contribution in [0.1, 0.15) is 17.5 Å². The van der Waals surface area contributed by atoms with Crippen LogP contribution in [0.15, 0.2) is 48.5 Å². The molecule has 0 radical (unpaired) electrons. The highest BCUT2D eigenvalue weighted by Crippen LogP contribution is 2.46. The topological polar surface area (TPSA) is 49.9 Å². The fourth-order valence-corrected chi connectivity index (χ4v) is 4.16. The molecule has 134 valence electrons. The van der Waals surface area contributed by atoms with Gasteiger partial charge in [0.2, 0.25) is 11.8 Å². The number of ether oxygens (including phenoxy) is 1. The molecule has 2 aromatic rings. The van der Waals surface area contributed by atoms with Crippen molar-refractivity contribution in [3.05, 3.63) is 59.7 Å². The third-order valence-corrected chi connectivity index (χ3v) is 5.63. The fraction of sp³-hybridized carbons (Fsp3) is 0.333. The number of benzene rings is 2. The highest BCUT2D eigenvalue weighted by Gasteiger charge is 2.53. The zero-order valence-corrected chi connectivity index (χ0v) is 15.1. The summed E-state index contributed by atoms with van der Waals surface area (Å²) in [5, 5.41) is 0. The number of nitrogens with zero attached hydrogens (tertiary/aromatic N) is 2. The Morgan fingerprint density at radius 3 is 2.62 bits per heavy atom. The van der Waals surface area contributed by atoms with Crippen molar-refractivity contribution in [3.63, 3.8) is 0 Å². The Labute approximate surface area is 153 Å². The third kappa shape index (κ3) is 2.46. The summed E-state index contributed by atoms with van der Waals surface area (Å²) < 4.78 is 5.15. The van der Waals surface area contributed by atoms with E-state index in [0.29, 0.717) is 25.9 Å². The van der Waals surface area contributed by atoms with E-state index < -0.39 is 5.41 Å². The molecule has 0 aromatic heterocycles. The highest BCUT2D eigenvalue weighted by atomic mass is 16.5. The monoisotopic (exact) mass is 350 g/mol. The summed E-state index contributed by atoms with van der Waals surface area (Å²) in [6.07, 6.45) is 1.02. The predicted molar refractivity (Wildman–Crippen MR) is 99.4 cm³/mol. The van der Waals surface area contributed by atoms with Crippen molar-refractivity contribution in [1.82, 2.24) is 4.90 Å². The SMILES string of the molecule is COc1ccc(CC(=O)N2CC[C@]3(C2)C(=O)N(C)c2ccccc23)cc1. The molecule has 0 saturated carbocycles. The molecule has 2 amide bonds. The Morgan fingerprint density at radius 2 is 1.88 bits per heavy atom. The van der Waals surface area contributed by atoms with Crippen molar-refractivity contribution in [1.29, 1.82) is 0 Å². The normalized spacial score (nSPS) is 21.4. The third-order valence-electron chi connectivity index (χ3n) is 5.63. The predicted octanol–water partition coefficient (Wildman–Crippen LogP) is 2.38. The van der Waals surface area contributed by atoms with Crippen LogP contribution in [0.5, 0.6) is 5.75 Å². The average Bonchev–Trinajstić information content (AvgIpc) is 3.21. The first-order valence-corrected chi connectivity index (χ1v) is 8.83. The summed E-state index contributed by atoms with van der Waals surface area (Å²) in [5.74, 6) is 0.933. The molecule has 1 saturated heterocycles. The number of hydrogen-bond donors (Lipinski definition) is 0. The molecule has 5 heteroatoms. The first kappa shape index (κ1) is 16.6. The van der Waals surface area contributed by atoms with Crippen LogP contribution in [0, 0.1) is 0 Å². The van der Waals surface area contributed by atoms with Crippen molar-refractivity contribution < 1.29 is 14.3 Å². The Morgan fingerprint density at radius 1 is 1.15 bits per heavy atom. The van der Waals surface area contributed by atoms with E-state index in [2.05, 4.69) is 0 Å². The zero-order valence-electron chi connectivity index (χ0n) is 15.1. The molecule has 1 fully saturated rings. The Kier molecular flexibility index (Phi) is 3.94. The van der Waals surface area contributed by atoms with Crippen LogP contribution < -0.4 is 9.64 Å². The lowest BCUT2D eigenvalue weighted by Crippen LogP contribution is -2.42. The standard InChI is InChI=1S/C21H22N2O3/c1-22-18-6-4-3-5-17(18)21(20(22)25)11-12-23(14-21)19(24)13-15-7-9-16(26-2)10-8-15/h3-10H,11-14H2,1-2H3/t21-/m1/s1. The number of para-hydroxylation sites is 1. The van der Waals surface area contributed by atoms with Gasteiger partial charge in [0.05, 0.1) is 18.9 Å². The summed E-state index contributed by atoms with van der Waals surface area (Å²) in [7, 11) is 3.44. The van der Waals surface area contributed by atoms with Gasteiger partial charge >= 0.3 is 0 Å². The Hall–Kier alpha value is -2.82. The van der Waals surface area contributed by atoms with Crippen LogP contribution in [0.2, 0.25) is 0 Å². The maximum atomic E-state index is 13.0. The first-order chi connectivity index (χ1) is 12.5. The van der Waals surface area contributed by atoms with Gasteiger partial charge in [-0.3, -0.25) is 9.59 Å². The molecule has 2 aliphatic rings. The van der Waals surface area contributed by atoms with E-state index in [1.165, 1.54) is 0 Å². The minimum absolute atomic E-state index is 0.0619. The molecule has 0 bridgehead atoms. The van der Waals surface area contributed by atoms with Gasteiger partial charge < -0.3 is 14.5 Å². The van der Waals surface area contributed by atoms with E-state index in [4.69, 9.17) is 4.74 Å². The maximum absolute atomic E-state index is 13.0. The highest BCUT2D eigenvalue weighted by molar-refractivity contribution is 6.08. The first-order valence-electron chi connectivity index (χ1n) is 8.83. The minimum Gasteiger partial charge on any atom is -0.497 e. The molecule has 2 aromatic carbocycles. The Bertz CT molecular complexity index is 862. The van der Waals surface area contributed by atoms with E-state index in [1.807, 2.05) is 60.5 Å². The lowest BCUT2D eigenvalue weighted by molar-refractivity contribution is -0.130. The van der Waals surface area contributed by atoms with Gasteiger partial charge in [0.25, 0.3) is 0 Å². The molecular weight excluding hydrogens is 328 g/mol. The zero-order chi connectivity index (χ0) is 18.3. The number of rotatable bonds is 3. The van der Waals surface area contributed by atoms with Gasteiger partial charge in [0.15, 0.2) is 0 Å². The molecular formula is C21H22N2O3. The molecule has 0 unspecified atom stereocenters. The molecule has 0 aliphatic carbocycles. The van der Waals surface area contributed by atoms with Crippen LogP contribution in [0.4, 0.5) is 5.69 Å². The quantitative estimate of drug-likeness (QED) is 0.854. The van der Waals surface area contributed by atoms with Crippen LogP contribution >= 0.6 is 0 Å². The van der Waals surface area contributed by atoms with Gasteiger partial charge in [-0.15, -0.1) is 0 Å². The summed E-state index contributed by atoms with van der Waals surface area (Å²) in [6, 6.07) is 15.5. The van der Waals surface area contributed by atoms with E-state index in [1.54, 1.807) is 12.0 Å². The lowest BCUT2D eigenvalue weighted by atomic mass is 9.81. The molecule has 2 heterocycles. The molecule has 0 N–H and O–H groups in total. The number of fused-ring (bicyclic) bond motifs is 2. The second-order valence-corrected chi connectivity index (χ2v) is 7.05. The smallest absolute Gasteiger partial charge is 0.239 e. The molecule has 1 spiro atoms. The average molecular weight is 350 g/mol. The van der Waals surface area contributed by atoms with Crippen LogP contribution in [-0.4, -0.2) is 44.0 Å². The van der Waals surface area contributed by atoms with E-state index in [0.717, 1.165) is 22.6 Å². The van der Waals surface area contributed by atoms with Gasteiger partial charge in [-0.05, 0) is 35.7 Å². The number of methoxy groups -OCH3 is 1. The summed E-state index contributed by atoms with van der Waals surface area (Å²) in [4.78, 5) is 29.3. The van der Waals surface area contributed by atoms with Crippen molar-refractivity contribution in [2.75, 3.05) is 32.1 Å². The van der Waals surface area contributed by atoms with Gasteiger partial charge in [-0.1, -0.05) is 30.3 Å². The van der Waals surface area contributed by atoms with Crippen molar-refractivity contribution in [3.8, 4) is 5.75 Å². The summed E-state index contributed by atoms with van der Waals surface area (Å²) >= 11 is 0. The van der Waals surface area contributed by atoms with Crippen LogP contribution in [0.25, 0.3) is 0 Å². The number of likely N-dealkylation sites (tertiary alicyclic amines) is 1. The molecule has 4 rings (SSSR count). The Balaban J connectivity index is 1.53. The van der Waals surface area contributed by atoms with E-state index >= 15 is 0 Å². The van der Waals surface area contributed by atoms with Crippen LogP contribution in [-0.2, 0) is 21.4 Å². The minimum atomic E-state index is -0.582. The van der Waals surface area contributed by atoms with Gasteiger partial charge in [0.1, 0.15) is 5.75 Å². The summed E-state index contributed by atoms with van der Waals surface area (Å²) in [6.45, 7) is 1.07. The second kappa shape index (κ2) is 6.16. The number of carbonyl (C=O) groups excluding carboxylic acids is 2. The number of amides is 2. The fourth-order valence-electron chi connectivity index (χ4n) is 4.16. The number of carbonyl (C=O) groups is 2. The molecule has 5 nitrogen and oxygen atoms in total. The van der Waals surface area contributed by atoms with E-state index in [-0.39, 0.29) is 11.8 Å².